The maximum Gasteiger partial charge on any atom is 0.239 e. The van der Waals surface area contributed by atoms with E-state index in [2.05, 4.69) is 10.6 Å². The van der Waals surface area contributed by atoms with Gasteiger partial charge < -0.3 is 16.4 Å². The quantitative estimate of drug-likeness (QED) is 0.676. The molecule has 1 unspecified atom stereocenters. The molecular weight excluding hydrogens is 266 g/mol. The van der Waals surface area contributed by atoms with Crippen molar-refractivity contribution in [1.29, 1.82) is 0 Å². The number of carbonyl (C=O) groups is 2. The lowest BCUT2D eigenvalue weighted by molar-refractivity contribution is -0.126. The molecule has 5 nitrogen and oxygen atoms in total. The molecule has 0 aliphatic rings. The third-order valence-electron chi connectivity index (χ3n) is 3.06. The molecule has 0 radical (unpaired) electrons. The van der Waals surface area contributed by atoms with E-state index < -0.39 is 0 Å². The van der Waals surface area contributed by atoms with Crippen LogP contribution in [0, 0.1) is 5.92 Å². The summed E-state index contributed by atoms with van der Waals surface area (Å²) in [7, 11) is 0. The number of hydrogen-bond donors (Lipinski definition) is 3. The molecule has 0 aliphatic heterocycles. The zero-order chi connectivity index (χ0) is 15.7. The Labute approximate surface area is 126 Å². The van der Waals surface area contributed by atoms with Gasteiger partial charge in [-0.15, -0.1) is 0 Å². The number of carbonyl (C=O) groups excluding carboxylic acids is 2. The molecule has 116 valence electrons. The maximum atomic E-state index is 11.7. The fourth-order valence-corrected chi connectivity index (χ4v) is 1.80. The third kappa shape index (κ3) is 7.46. The first-order chi connectivity index (χ1) is 9.99. The molecule has 0 saturated carbocycles. The fraction of sp³-hybridized carbons (Fsp3) is 0.500. The molecule has 1 rings (SSSR count). The van der Waals surface area contributed by atoms with Crippen molar-refractivity contribution in [2.75, 3.05) is 13.1 Å². The Morgan fingerprint density at radius 3 is 2.38 bits per heavy atom. The van der Waals surface area contributed by atoms with E-state index >= 15 is 0 Å². The number of benzene rings is 1. The van der Waals surface area contributed by atoms with Crippen LogP contribution in [-0.2, 0) is 9.59 Å². The summed E-state index contributed by atoms with van der Waals surface area (Å²) in [5, 5.41) is 5.36. The molecule has 0 saturated heterocycles. The van der Waals surface area contributed by atoms with Gasteiger partial charge >= 0.3 is 0 Å². The van der Waals surface area contributed by atoms with Gasteiger partial charge in [0.15, 0.2) is 0 Å². The van der Waals surface area contributed by atoms with Gasteiger partial charge in [0.25, 0.3) is 0 Å². The second-order valence-corrected chi connectivity index (χ2v) is 5.53. The smallest absolute Gasteiger partial charge is 0.239 e. The average molecular weight is 291 g/mol. The Bertz CT molecular complexity index is 446. The highest BCUT2D eigenvalue weighted by molar-refractivity contribution is 5.84. The largest absolute Gasteiger partial charge is 0.354 e. The topological polar surface area (TPSA) is 84.2 Å². The van der Waals surface area contributed by atoms with Crippen LogP contribution < -0.4 is 16.4 Å². The lowest BCUT2D eigenvalue weighted by atomic mass is 10.0. The molecule has 0 bridgehead atoms. The first-order valence-electron chi connectivity index (χ1n) is 7.33. The standard InChI is InChI=1S/C16H25N3O2/c1-12(2)10-18-16(21)11-19-15(20)9-8-14(17)13-6-4-3-5-7-13/h3-7,12,14H,8-11,17H2,1-2H3,(H,18,21)(H,19,20). The Hall–Kier alpha value is -1.88. The second-order valence-electron chi connectivity index (χ2n) is 5.53. The van der Waals surface area contributed by atoms with Crippen molar-refractivity contribution in [1.82, 2.24) is 10.6 Å². The SMILES string of the molecule is CC(C)CNC(=O)CNC(=O)CCC(N)c1ccccc1. The molecule has 0 aliphatic carbocycles. The molecule has 1 atom stereocenters. The molecule has 1 aromatic carbocycles. The highest BCUT2D eigenvalue weighted by atomic mass is 16.2. The van der Waals surface area contributed by atoms with Crippen molar-refractivity contribution in [3.63, 3.8) is 0 Å². The van der Waals surface area contributed by atoms with Crippen LogP contribution in [0.15, 0.2) is 30.3 Å². The van der Waals surface area contributed by atoms with Crippen LogP contribution in [0.1, 0.15) is 38.3 Å². The molecule has 0 aromatic heterocycles. The van der Waals surface area contributed by atoms with Crippen LogP contribution in [0.2, 0.25) is 0 Å². The number of nitrogens with one attached hydrogen (secondary N) is 2. The van der Waals surface area contributed by atoms with Gasteiger partial charge in [0.1, 0.15) is 0 Å². The van der Waals surface area contributed by atoms with E-state index in [1.807, 2.05) is 44.2 Å². The summed E-state index contributed by atoms with van der Waals surface area (Å²) in [5.74, 6) is 0.0824. The second kappa shape index (κ2) is 9.13. The van der Waals surface area contributed by atoms with E-state index in [1.165, 1.54) is 0 Å². The minimum atomic E-state index is -0.163. The molecular formula is C16H25N3O2. The first-order valence-corrected chi connectivity index (χ1v) is 7.33. The van der Waals surface area contributed by atoms with Gasteiger partial charge in [0, 0.05) is 19.0 Å². The molecule has 5 heteroatoms. The van der Waals surface area contributed by atoms with Gasteiger partial charge in [0.2, 0.25) is 11.8 Å². The Kier molecular flexibility index (Phi) is 7.46. The van der Waals surface area contributed by atoms with Crippen LogP contribution in [0.25, 0.3) is 0 Å². The Morgan fingerprint density at radius 1 is 1.10 bits per heavy atom. The van der Waals surface area contributed by atoms with Gasteiger partial charge in [0.05, 0.1) is 6.54 Å². The lowest BCUT2D eigenvalue weighted by Gasteiger charge is -2.12. The van der Waals surface area contributed by atoms with Crippen molar-refractivity contribution in [2.24, 2.45) is 11.7 Å². The molecule has 1 aromatic rings. The van der Waals surface area contributed by atoms with Crippen molar-refractivity contribution < 1.29 is 9.59 Å². The van der Waals surface area contributed by atoms with Crippen molar-refractivity contribution in [3.8, 4) is 0 Å². The van der Waals surface area contributed by atoms with Crippen LogP contribution >= 0.6 is 0 Å². The summed E-state index contributed by atoms with van der Waals surface area (Å²) in [6.45, 7) is 4.67. The zero-order valence-electron chi connectivity index (χ0n) is 12.8. The fourth-order valence-electron chi connectivity index (χ4n) is 1.80. The van der Waals surface area contributed by atoms with Gasteiger partial charge in [-0.3, -0.25) is 9.59 Å². The predicted octanol–water partition coefficient (Wildman–Crippen LogP) is 1.36. The number of nitrogens with two attached hydrogens (primary N) is 1. The van der Waals surface area contributed by atoms with Crippen molar-refractivity contribution in [2.45, 2.75) is 32.7 Å². The normalized spacial score (nSPS) is 12.0. The van der Waals surface area contributed by atoms with Crippen molar-refractivity contribution in [3.05, 3.63) is 35.9 Å². The molecule has 4 N–H and O–H groups in total. The summed E-state index contributed by atoms with van der Waals surface area (Å²) in [6, 6.07) is 9.51. The van der Waals surface area contributed by atoms with Crippen LogP contribution in [0.5, 0.6) is 0 Å². The molecule has 0 spiro atoms. The minimum Gasteiger partial charge on any atom is -0.354 e. The molecule has 2 amide bonds. The maximum absolute atomic E-state index is 11.7. The number of amides is 2. The summed E-state index contributed by atoms with van der Waals surface area (Å²) >= 11 is 0. The van der Waals surface area contributed by atoms with Crippen LogP contribution in [0.4, 0.5) is 0 Å². The van der Waals surface area contributed by atoms with E-state index in [-0.39, 0.29) is 24.4 Å². The predicted molar refractivity (Wildman–Crippen MR) is 83.5 cm³/mol. The Morgan fingerprint density at radius 2 is 1.76 bits per heavy atom. The first kappa shape index (κ1) is 17.2. The van der Waals surface area contributed by atoms with Crippen LogP contribution in [-0.4, -0.2) is 24.9 Å². The third-order valence-corrected chi connectivity index (χ3v) is 3.06. The van der Waals surface area contributed by atoms with Gasteiger partial charge in [-0.05, 0) is 17.9 Å². The van der Waals surface area contributed by atoms with E-state index in [9.17, 15) is 9.59 Å². The summed E-state index contributed by atoms with van der Waals surface area (Å²) < 4.78 is 0. The highest BCUT2D eigenvalue weighted by Gasteiger charge is 2.10. The lowest BCUT2D eigenvalue weighted by Crippen LogP contribution is -2.38. The monoisotopic (exact) mass is 291 g/mol. The number of rotatable bonds is 8. The zero-order valence-corrected chi connectivity index (χ0v) is 12.8. The van der Waals surface area contributed by atoms with Gasteiger partial charge in [-0.2, -0.15) is 0 Å². The summed E-state index contributed by atoms with van der Waals surface area (Å²) in [6.07, 6.45) is 0.872. The average Bonchev–Trinajstić information content (AvgIpc) is 2.49. The van der Waals surface area contributed by atoms with E-state index in [4.69, 9.17) is 5.73 Å². The van der Waals surface area contributed by atoms with E-state index in [0.29, 0.717) is 25.3 Å². The van der Waals surface area contributed by atoms with Crippen LogP contribution in [0.3, 0.4) is 0 Å². The summed E-state index contributed by atoms with van der Waals surface area (Å²) in [4.78, 5) is 23.1. The van der Waals surface area contributed by atoms with Gasteiger partial charge in [-0.25, -0.2) is 0 Å². The number of hydrogen-bond acceptors (Lipinski definition) is 3. The Balaban J connectivity index is 2.21. The van der Waals surface area contributed by atoms with E-state index in [0.717, 1.165) is 5.56 Å². The summed E-state index contributed by atoms with van der Waals surface area (Å²) in [5.41, 5.74) is 7.03. The van der Waals surface area contributed by atoms with Gasteiger partial charge in [-0.1, -0.05) is 44.2 Å². The molecule has 0 fully saturated rings. The molecule has 0 heterocycles. The van der Waals surface area contributed by atoms with E-state index in [1.54, 1.807) is 0 Å². The van der Waals surface area contributed by atoms with Crippen molar-refractivity contribution >= 4 is 11.8 Å². The molecule has 21 heavy (non-hydrogen) atoms. The highest BCUT2D eigenvalue weighted by Crippen LogP contribution is 2.14. The minimum absolute atomic E-state index is 0.0200.